The molecule has 0 amide bonds. The number of esters is 1. The molecule has 0 saturated carbocycles. The van der Waals surface area contributed by atoms with Gasteiger partial charge in [0.1, 0.15) is 0 Å². The lowest BCUT2D eigenvalue weighted by atomic mass is 10.2. The normalized spacial score (nSPS) is 10.5. The van der Waals surface area contributed by atoms with Crippen molar-refractivity contribution >= 4 is 5.97 Å². The number of nitrogens with zero attached hydrogens (tertiary/aromatic N) is 1. The Labute approximate surface area is 99.2 Å². The minimum atomic E-state index is -0.467. The van der Waals surface area contributed by atoms with Gasteiger partial charge in [0.05, 0.1) is 6.10 Å². The highest BCUT2D eigenvalue weighted by atomic mass is 16.5. The van der Waals surface area contributed by atoms with Crippen molar-refractivity contribution in [3.8, 4) is 11.3 Å². The SMILES string of the molecule is CC(C)OC(=O)c1cc(-c2ccccc2)on1. The summed E-state index contributed by atoms with van der Waals surface area (Å²) in [5.41, 5.74) is 1.07. The van der Waals surface area contributed by atoms with Gasteiger partial charge >= 0.3 is 5.97 Å². The van der Waals surface area contributed by atoms with Crippen LogP contribution in [0.25, 0.3) is 11.3 Å². The van der Waals surface area contributed by atoms with Crippen LogP contribution >= 0.6 is 0 Å². The smallest absolute Gasteiger partial charge is 0.360 e. The molecule has 0 atom stereocenters. The molecular weight excluding hydrogens is 218 g/mol. The third-order valence-electron chi connectivity index (χ3n) is 2.12. The fourth-order valence-corrected chi connectivity index (χ4v) is 1.38. The second-order valence-corrected chi connectivity index (χ2v) is 3.90. The van der Waals surface area contributed by atoms with Crippen LogP contribution in [-0.2, 0) is 4.74 Å². The van der Waals surface area contributed by atoms with Crippen LogP contribution in [0.1, 0.15) is 24.3 Å². The van der Waals surface area contributed by atoms with Gasteiger partial charge in [0.2, 0.25) is 0 Å². The zero-order chi connectivity index (χ0) is 12.3. The van der Waals surface area contributed by atoms with Gasteiger partial charge in [0, 0.05) is 11.6 Å². The number of benzene rings is 1. The molecule has 0 unspecified atom stereocenters. The third-order valence-corrected chi connectivity index (χ3v) is 2.12. The molecule has 0 saturated heterocycles. The molecule has 0 radical (unpaired) electrons. The van der Waals surface area contributed by atoms with Gasteiger partial charge in [-0.15, -0.1) is 0 Å². The van der Waals surface area contributed by atoms with Crippen LogP contribution in [0.5, 0.6) is 0 Å². The van der Waals surface area contributed by atoms with Crippen molar-refractivity contribution in [2.45, 2.75) is 20.0 Å². The molecule has 1 aromatic heterocycles. The maximum absolute atomic E-state index is 11.6. The van der Waals surface area contributed by atoms with E-state index in [1.54, 1.807) is 19.9 Å². The molecule has 0 aliphatic heterocycles. The minimum Gasteiger partial charge on any atom is -0.458 e. The quantitative estimate of drug-likeness (QED) is 0.762. The lowest BCUT2D eigenvalue weighted by molar-refractivity contribution is 0.0366. The summed E-state index contributed by atoms with van der Waals surface area (Å²) in [5.74, 6) is 0.0900. The fraction of sp³-hybridized carbons (Fsp3) is 0.231. The molecule has 1 heterocycles. The summed E-state index contributed by atoms with van der Waals surface area (Å²) in [5, 5.41) is 3.70. The Bertz CT molecular complexity index is 502. The predicted molar refractivity (Wildman–Crippen MR) is 62.5 cm³/mol. The van der Waals surface area contributed by atoms with E-state index in [2.05, 4.69) is 5.16 Å². The standard InChI is InChI=1S/C13H13NO3/c1-9(2)16-13(15)11-8-12(17-14-11)10-6-4-3-5-7-10/h3-9H,1-2H3. The van der Waals surface area contributed by atoms with E-state index < -0.39 is 5.97 Å². The summed E-state index contributed by atoms with van der Waals surface area (Å²) in [6, 6.07) is 11.1. The van der Waals surface area contributed by atoms with Crippen molar-refractivity contribution in [3.63, 3.8) is 0 Å². The molecule has 0 bridgehead atoms. The molecular formula is C13H13NO3. The van der Waals surface area contributed by atoms with Gasteiger partial charge in [-0.1, -0.05) is 35.5 Å². The van der Waals surface area contributed by atoms with Gasteiger partial charge < -0.3 is 9.26 Å². The summed E-state index contributed by atoms with van der Waals surface area (Å²) in [7, 11) is 0. The number of carbonyl (C=O) groups is 1. The molecule has 17 heavy (non-hydrogen) atoms. The van der Waals surface area contributed by atoms with Gasteiger partial charge in [0.15, 0.2) is 11.5 Å². The largest absolute Gasteiger partial charge is 0.458 e. The molecule has 1 aromatic carbocycles. The van der Waals surface area contributed by atoms with Gasteiger partial charge in [-0.25, -0.2) is 4.79 Å². The second-order valence-electron chi connectivity index (χ2n) is 3.90. The molecule has 0 spiro atoms. The Morgan fingerprint density at radius 1 is 1.29 bits per heavy atom. The minimum absolute atomic E-state index is 0.167. The van der Waals surface area contributed by atoms with E-state index in [4.69, 9.17) is 9.26 Å². The highest BCUT2D eigenvalue weighted by Crippen LogP contribution is 2.20. The highest BCUT2D eigenvalue weighted by Gasteiger charge is 2.15. The Hall–Kier alpha value is -2.10. The first kappa shape index (κ1) is 11.4. The van der Waals surface area contributed by atoms with Crippen molar-refractivity contribution in [1.82, 2.24) is 5.16 Å². The Morgan fingerprint density at radius 3 is 2.65 bits per heavy atom. The van der Waals surface area contributed by atoms with E-state index in [1.807, 2.05) is 30.3 Å². The maximum Gasteiger partial charge on any atom is 0.360 e. The Morgan fingerprint density at radius 2 is 2.00 bits per heavy atom. The van der Waals surface area contributed by atoms with Crippen molar-refractivity contribution in [2.24, 2.45) is 0 Å². The number of hydrogen-bond acceptors (Lipinski definition) is 4. The Balaban J connectivity index is 2.19. The molecule has 0 fully saturated rings. The first-order chi connectivity index (χ1) is 8.16. The van der Waals surface area contributed by atoms with Crippen LogP contribution in [0.3, 0.4) is 0 Å². The van der Waals surface area contributed by atoms with E-state index in [0.29, 0.717) is 5.76 Å². The summed E-state index contributed by atoms with van der Waals surface area (Å²) < 4.78 is 10.1. The lowest BCUT2D eigenvalue weighted by Gasteiger charge is -2.04. The van der Waals surface area contributed by atoms with Crippen LogP contribution in [0.15, 0.2) is 40.9 Å². The number of ether oxygens (including phenoxy) is 1. The first-order valence-electron chi connectivity index (χ1n) is 5.40. The van der Waals surface area contributed by atoms with Crippen molar-refractivity contribution in [1.29, 1.82) is 0 Å². The van der Waals surface area contributed by atoms with Gasteiger partial charge in [-0.2, -0.15) is 0 Å². The summed E-state index contributed by atoms with van der Waals surface area (Å²) >= 11 is 0. The topological polar surface area (TPSA) is 52.3 Å². The molecule has 0 N–H and O–H groups in total. The average Bonchev–Trinajstić information content (AvgIpc) is 2.78. The second kappa shape index (κ2) is 4.82. The highest BCUT2D eigenvalue weighted by molar-refractivity contribution is 5.88. The van der Waals surface area contributed by atoms with E-state index in [0.717, 1.165) is 5.56 Å². The maximum atomic E-state index is 11.6. The van der Waals surface area contributed by atoms with E-state index in [-0.39, 0.29) is 11.8 Å². The van der Waals surface area contributed by atoms with E-state index in [1.165, 1.54) is 0 Å². The van der Waals surface area contributed by atoms with Gasteiger partial charge in [-0.05, 0) is 13.8 Å². The summed E-state index contributed by atoms with van der Waals surface area (Å²) in [6.07, 6.45) is -0.167. The lowest BCUT2D eigenvalue weighted by Crippen LogP contribution is -2.11. The monoisotopic (exact) mass is 231 g/mol. The van der Waals surface area contributed by atoms with Crippen molar-refractivity contribution in [2.75, 3.05) is 0 Å². The number of aromatic nitrogens is 1. The molecule has 4 heteroatoms. The van der Waals surface area contributed by atoms with Crippen LogP contribution in [0.4, 0.5) is 0 Å². The summed E-state index contributed by atoms with van der Waals surface area (Å²) in [6.45, 7) is 3.58. The fourth-order valence-electron chi connectivity index (χ4n) is 1.38. The van der Waals surface area contributed by atoms with Crippen LogP contribution in [-0.4, -0.2) is 17.2 Å². The Kier molecular flexibility index (Phi) is 3.23. The van der Waals surface area contributed by atoms with Crippen molar-refractivity contribution < 1.29 is 14.1 Å². The molecule has 2 aromatic rings. The first-order valence-corrected chi connectivity index (χ1v) is 5.40. The zero-order valence-electron chi connectivity index (χ0n) is 9.71. The predicted octanol–water partition coefficient (Wildman–Crippen LogP) is 2.91. The summed E-state index contributed by atoms with van der Waals surface area (Å²) in [4.78, 5) is 11.6. The number of carbonyl (C=O) groups excluding carboxylic acids is 1. The molecule has 2 rings (SSSR count). The number of hydrogen-bond donors (Lipinski definition) is 0. The van der Waals surface area contributed by atoms with Gasteiger partial charge in [0.25, 0.3) is 0 Å². The van der Waals surface area contributed by atoms with Crippen LogP contribution < -0.4 is 0 Å². The van der Waals surface area contributed by atoms with Gasteiger partial charge in [-0.3, -0.25) is 0 Å². The van der Waals surface area contributed by atoms with E-state index in [9.17, 15) is 4.79 Å². The number of rotatable bonds is 3. The molecule has 88 valence electrons. The molecule has 0 aliphatic carbocycles. The van der Waals surface area contributed by atoms with Crippen LogP contribution in [0, 0.1) is 0 Å². The van der Waals surface area contributed by atoms with Crippen LogP contribution in [0.2, 0.25) is 0 Å². The zero-order valence-corrected chi connectivity index (χ0v) is 9.71. The van der Waals surface area contributed by atoms with E-state index >= 15 is 0 Å². The van der Waals surface area contributed by atoms with Crippen molar-refractivity contribution in [3.05, 3.63) is 42.1 Å². The molecule has 4 nitrogen and oxygen atoms in total. The third kappa shape index (κ3) is 2.72. The molecule has 0 aliphatic rings. The average molecular weight is 231 g/mol.